The van der Waals surface area contributed by atoms with Gasteiger partial charge in [-0.2, -0.15) is 0 Å². The zero-order chi connectivity index (χ0) is 19.7. The van der Waals surface area contributed by atoms with Crippen LogP contribution < -0.4 is 29.6 Å². The van der Waals surface area contributed by atoms with Gasteiger partial charge in [0.2, 0.25) is 10.4 Å². The molecule has 0 radical (unpaired) electrons. The van der Waals surface area contributed by atoms with Crippen molar-refractivity contribution in [2.75, 3.05) is 6.61 Å². The van der Waals surface area contributed by atoms with Gasteiger partial charge in [0.05, 0.1) is 12.2 Å². The van der Waals surface area contributed by atoms with E-state index in [9.17, 15) is 17.8 Å². The van der Waals surface area contributed by atoms with E-state index in [1.54, 1.807) is 30.3 Å². The van der Waals surface area contributed by atoms with Crippen LogP contribution in [0.4, 0.5) is 0 Å². The molecule has 6 nitrogen and oxygen atoms in total. The molecule has 0 aliphatic heterocycles. The number of carboxylic acids is 1. The summed E-state index contributed by atoms with van der Waals surface area (Å²) in [4.78, 5) is 10.2. The number of hydrogen-bond acceptors (Lipinski definition) is 5. The van der Waals surface area contributed by atoms with Crippen LogP contribution in [0.1, 0.15) is 81.5 Å². The smallest absolute Gasteiger partial charge is 0.726 e. The van der Waals surface area contributed by atoms with Gasteiger partial charge in [-0.15, -0.1) is 0 Å². The monoisotopic (exact) mass is 410 g/mol. The van der Waals surface area contributed by atoms with E-state index >= 15 is 0 Å². The van der Waals surface area contributed by atoms with Gasteiger partial charge in [0.1, 0.15) is 0 Å². The second-order valence-electron chi connectivity index (χ2n) is 6.08. The normalized spacial score (nSPS) is 10.4. The number of carboxylic acid groups (broad SMARTS) is 1. The Balaban J connectivity index is 0. The minimum Gasteiger partial charge on any atom is -0.726 e. The Labute approximate surface area is 186 Å². The molecule has 0 spiro atoms. The molecule has 27 heavy (non-hydrogen) atoms. The summed E-state index contributed by atoms with van der Waals surface area (Å²) in [5.74, 6) is -0.879. The predicted octanol–water partition coefficient (Wildman–Crippen LogP) is 1.77. The fourth-order valence-electron chi connectivity index (χ4n) is 2.33. The van der Waals surface area contributed by atoms with Crippen molar-refractivity contribution in [2.24, 2.45) is 0 Å². The molecular formula is C19H31NaO6S. The molecule has 1 aromatic rings. The second-order valence-corrected chi connectivity index (χ2v) is 7.14. The van der Waals surface area contributed by atoms with E-state index in [0.29, 0.717) is 12.0 Å². The summed E-state index contributed by atoms with van der Waals surface area (Å²) >= 11 is 0. The quantitative estimate of drug-likeness (QED) is 0.230. The van der Waals surface area contributed by atoms with Crippen LogP contribution in [0.15, 0.2) is 30.3 Å². The van der Waals surface area contributed by atoms with Crippen molar-refractivity contribution in [1.82, 2.24) is 0 Å². The minimum atomic E-state index is -4.48. The largest absolute Gasteiger partial charge is 1.00 e. The molecular weight excluding hydrogens is 379 g/mol. The van der Waals surface area contributed by atoms with Gasteiger partial charge in [0.25, 0.3) is 0 Å². The first kappa shape index (κ1) is 28.8. The van der Waals surface area contributed by atoms with Crippen molar-refractivity contribution in [1.29, 1.82) is 0 Å². The third kappa shape index (κ3) is 21.7. The van der Waals surface area contributed by atoms with Crippen molar-refractivity contribution in [3.8, 4) is 0 Å². The molecule has 0 aromatic heterocycles. The van der Waals surface area contributed by atoms with Crippen LogP contribution in [-0.4, -0.2) is 30.7 Å². The summed E-state index contributed by atoms with van der Waals surface area (Å²) in [6.45, 7) is 2.24. The van der Waals surface area contributed by atoms with Crippen molar-refractivity contribution in [3.63, 3.8) is 0 Å². The molecule has 0 amide bonds. The van der Waals surface area contributed by atoms with Gasteiger partial charge in [-0.05, 0) is 18.6 Å². The number of unbranched alkanes of at least 4 members (excludes halogenated alkanes) is 9. The molecule has 0 unspecified atom stereocenters. The van der Waals surface area contributed by atoms with E-state index < -0.39 is 16.4 Å². The Bertz CT molecular complexity index is 563. The number of benzene rings is 1. The molecule has 0 saturated heterocycles. The summed E-state index contributed by atoms with van der Waals surface area (Å²) < 4.78 is 34.5. The molecule has 1 N–H and O–H groups in total. The van der Waals surface area contributed by atoms with E-state index in [0.717, 1.165) is 12.8 Å². The molecule has 0 aliphatic rings. The van der Waals surface area contributed by atoms with Gasteiger partial charge in [0.15, 0.2) is 0 Å². The van der Waals surface area contributed by atoms with E-state index in [2.05, 4.69) is 11.1 Å². The van der Waals surface area contributed by atoms with Crippen molar-refractivity contribution < 1.29 is 56.6 Å². The Hall–Kier alpha value is -0.440. The van der Waals surface area contributed by atoms with Crippen molar-refractivity contribution >= 4 is 16.4 Å². The third-order valence-corrected chi connectivity index (χ3v) is 4.20. The summed E-state index contributed by atoms with van der Waals surface area (Å²) in [5, 5.41) is 8.38. The summed E-state index contributed by atoms with van der Waals surface area (Å²) in [6.07, 6.45) is 11.7. The first-order valence-corrected chi connectivity index (χ1v) is 10.6. The van der Waals surface area contributed by atoms with Gasteiger partial charge < -0.3 is 9.66 Å². The molecule has 150 valence electrons. The zero-order valence-corrected chi connectivity index (χ0v) is 19.4. The fourth-order valence-corrected chi connectivity index (χ4v) is 2.65. The maximum atomic E-state index is 10.2. The standard InChI is InChI=1S/C12H26O4S.C7H6O2.Na/c1-2-3-4-5-6-7-8-9-10-11-12-16-17(13,14)15;8-7(9)6-4-2-1-3-5-6;/h2-12H2,1H3,(H,13,14,15);1-5H,(H,8,9);/q;;+1/p-1. The number of hydrogen-bond donors (Lipinski definition) is 1. The molecule has 0 bridgehead atoms. The van der Waals surface area contributed by atoms with Crippen LogP contribution in [0.5, 0.6) is 0 Å². The maximum Gasteiger partial charge on any atom is 1.00 e. The van der Waals surface area contributed by atoms with Crippen molar-refractivity contribution in [3.05, 3.63) is 35.9 Å². The molecule has 1 aromatic carbocycles. The number of carbonyl (C=O) groups is 1. The molecule has 0 heterocycles. The molecule has 0 fully saturated rings. The molecule has 8 heteroatoms. The third-order valence-electron chi connectivity index (χ3n) is 3.75. The molecule has 0 aliphatic carbocycles. The minimum absolute atomic E-state index is 0. The van der Waals surface area contributed by atoms with E-state index in [1.807, 2.05) is 0 Å². The van der Waals surface area contributed by atoms with Crippen LogP contribution >= 0.6 is 0 Å². The average Bonchev–Trinajstić information content (AvgIpc) is 2.60. The fraction of sp³-hybridized carbons (Fsp3) is 0.632. The zero-order valence-electron chi connectivity index (χ0n) is 16.6. The van der Waals surface area contributed by atoms with E-state index in [-0.39, 0.29) is 36.2 Å². The first-order valence-electron chi connectivity index (χ1n) is 9.25. The number of rotatable bonds is 13. The van der Waals surface area contributed by atoms with E-state index in [4.69, 9.17) is 5.11 Å². The van der Waals surface area contributed by atoms with Gasteiger partial charge in [-0.3, -0.25) is 4.18 Å². The number of aromatic carboxylic acids is 1. The topological polar surface area (TPSA) is 104 Å². The molecule has 0 atom stereocenters. The SMILES string of the molecule is CCCCCCCCCCCCOS(=O)(=O)[O-].O=C(O)c1ccccc1.[Na+]. The van der Waals surface area contributed by atoms with Crippen LogP contribution in [0.2, 0.25) is 0 Å². The van der Waals surface area contributed by atoms with Crippen LogP contribution in [0.25, 0.3) is 0 Å². The average molecular weight is 411 g/mol. The van der Waals surface area contributed by atoms with Gasteiger partial charge in [0, 0.05) is 0 Å². The summed E-state index contributed by atoms with van der Waals surface area (Å²) in [6, 6.07) is 8.30. The maximum absolute atomic E-state index is 10.2. The van der Waals surface area contributed by atoms with Crippen LogP contribution in [0.3, 0.4) is 0 Å². The van der Waals surface area contributed by atoms with Crippen LogP contribution in [-0.2, 0) is 14.6 Å². The van der Waals surface area contributed by atoms with Crippen LogP contribution in [0, 0.1) is 0 Å². The van der Waals surface area contributed by atoms with Gasteiger partial charge in [-0.1, -0.05) is 82.9 Å². The Kier molecular flexibility index (Phi) is 20.1. The Morgan fingerprint density at radius 1 is 0.926 bits per heavy atom. The first-order chi connectivity index (χ1) is 12.4. The summed E-state index contributed by atoms with van der Waals surface area (Å²) in [7, 11) is -4.48. The molecule has 1 rings (SSSR count). The predicted molar refractivity (Wildman–Crippen MR) is 101 cm³/mol. The van der Waals surface area contributed by atoms with E-state index in [1.165, 1.54) is 44.9 Å². The Morgan fingerprint density at radius 2 is 1.37 bits per heavy atom. The molecule has 0 saturated carbocycles. The van der Waals surface area contributed by atoms with Gasteiger partial charge in [-0.25, -0.2) is 13.2 Å². The second kappa shape index (κ2) is 18.9. The summed E-state index contributed by atoms with van der Waals surface area (Å²) in [5.41, 5.74) is 0.331. The Morgan fingerprint density at radius 3 is 1.74 bits per heavy atom. The van der Waals surface area contributed by atoms with Gasteiger partial charge >= 0.3 is 35.5 Å². The van der Waals surface area contributed by atoms with Crippen molar-refractivity contribution in [2.45, 2.75) is 71.1 Å².